The van der Waals surface area contributed by atoms with Gasteiger partial charge in [0, 0.05) is 16.5 Å². The molecule has 0 radical (unpaired) electrons. The SMILES string of the molecule is CNC1(C)[C@H](C(=O)O)[C@H]1C(=O)c1cc(Cl)c2occc2c1. The fraction of sp³-hybridized carbons (Fsp3) is 0.333. The Morgan fingerprint density at radius 1 is 1.38 bits per heavy atom. The smallest absolute Gasteiger partial charge is 0.309 e. The normalized spacial score (nSPS) is 27.8. The maximum atomic E-state index is 12.6. The van der Waals surface area contributed by atoms with Gasteiger partial charge < -0.3 is 14.8 Å². The molecule has 3 rings (SSSR count). The number of ketones is 1. The summed E-state index contributed by atoms with van der Waals surface area (Å²) in [7, 11) is 1.66. The molecule has 6 heteroatoms. The molecule has 2 N–H and O–H groups in total. The molecule has 0 amide bonds. The molecule has 1 aromatic carbocycles. The first-order valence-corrected chi connectivity index (χ1v) is 6.90. The Kier molecular flexibility index (Phi) is 3.07. The summed E-state index contributed by atoms with van der Waals surface area (Å²) < 4.78 is 5.23. The molecule has 0 spiro atoms. The van der Waals surface area contributed by atoms with Gasteiger partial charge in [-0.3, -0.25) is 9.59 Å². The van der Waals surface area contributed by atoms with E-state index >= 15 is 0 Å². The predicted octanol–water partition coefficient (Wildman–Crippen LogP) is 2.58. The van der Waals surface area contributed by atoms with Crippen LogP contribution in [0.2, 0.25) is 5.02 Å². The Hall–Kier alpha value is -1.85. The first-order valence-electron chi connectivity index (χ1n) is 6.53. The zero-order chi connectivity index (χ0) is 15.4. The fourth-order valence-electron chi connectivity index (χ4n) is 3.01. The number of carboxylic acids is 1. The van der Waals surface area contributed by atoms with Crippen LogP contribution in [0, 0.1) is 11.8 Å². The molecule has 1 aliphatic rings. The van der Waals surface area contributed by atoms with Crippen molar-refractivity contribution in [1.29, 1.82) is 0 Å². The summed E-state index contributed by atoms with van der Waals surface area (Å²) in [5, 5.41) is 13.3. The van der Waals surface area contributed by atoms with E-state index in [0.29, 0.717) is 16.2 Å². The molecule has 0 bridgehead atoms. The summed E-state index contributed by atoms with van der Waals surface area (Å²) in [5.74, 6) is -2.51. The van der Waals surface area contributed by atoms with Gasteiger partial charge in [0.2, 0.25) is 0 Å². The lowest BCUT2D eigenvalue weighted by Gasteiger charge is -2.09. The highest BCUT2D eigenvalue weighted by atomic mass is 35.5. The van der Waals surface area contributed by atoms with Crippen molar-refractivity contribution in [3.63, 3.8) is 0 Å². The monoisotopic (exact) mass is 307 g/mol. The van der Waals surface area contributed by atoms with Crippen molar-refractivity contribution in [1.82, 2.24) is 5.32 Å². The summed E-state index contributed by atoms with van der Waals surface area (Å²) in [6.45, 7) is 1.74. The molecule has 1 heterocycles. The summed E-state index contributed by atoms with van der Waals surface area (Å²) in [6, 6.07) is 4.93. The summed E-state index contributed by atoms with van der Waals surface area (Å²) in [4.78, 5) is 23.9. The van der Waals surface area contributed by atoms with Crippen molar-refractivity contribution in [2.75, 3.05) is 7.05 Å². The molecule has 0 saturated heterocycles. The van der Waals surface area contributed by atoms with E-state index in [1.54, 1.807) is 26.1 Å². The number of rotatable bonds is 4. The van der Waals surface area contributed by atoms with Crippen molar-refractivity contribution < 1.29 is 19.1 Å². The molecular formula is C15H14ClNO4. The quantitative estimate of drug-likeness (QED) is 0.849. The Labute approximate surface area is 125 Å². The highest BCUT2D eigenvalue weighted by molar-refractivity contribution is 6.35. The van der Waals surface area contributed by atoms with E-state index in [-0.39, 0.29) is 5.78 Å². The van der Waals surface area contributed by atoms with Crippen molar-refractivity contribution in [3.8, 4) is 0 Å². The van der Waals surface area contributed by atoms with Crippen LogP contribution in [0.3, 0.4) is 0 Å². The fourth-order valence-corrected chi connectivity index (χ4v) is 3.28. The van der Waals surface area contributed by atoms with Crippen LogP contribution in [0.15, 0.2) is 28.9 Å². The lowest BCUT2D eigenvalue weighted by Crippen LogP contribution is -2.30. The van der Waals surface area contributed by atoms with Crippen LogP contribution < -0.4 is 5.32 Å². The van der Waals surface area contributed by atoms with Gasteiger partial charge >= 0.3 is 5.97 Å². The maximum absolute atomic E-state index is 12.6. The molecule has 1 aliphatic carbocycles. The largest absolute Gasteiger partial charge is 0.481 e. The maximum Gasteiger partial charge on any atom is 0.309 e. The van der Waals surface area contributed by atoms with Crippen LogP contribution in [0.1, 0.15) is 17.3 Å². The molecule has 1 aromatic heterocycles. The van der Waals surface area contributed by atoms with E-state index < -0.39 is 23.3 Å². The van der Waals surface area contributed by atoms with Gasteiger partial charge in [0.15, 0.2) is 11.4 Å². The summed E-state index contributed by atoms with van der Waals surface area (Å²) in [6.07, 6.45) is 1.50. The third-order valence-corrected chi connectivity index (χ3v) is 4.67. The number of hydrogen-bond donors (Lipinski definition) is 2. The van der Waals surface area contributed by atoms with Gasteiger partial charge in [-0.15, -0.1) is 0 Å². The third-order valence-electron chi connectivity index (χ3n) is 4.39. The zero-order valence-corrected chi connectivity index (χ0v) is 12.3. The zero-order valence-electron chi connectivity index (χ0n) is 11.5. The van der Waals surface area contributed by atoms with Gasteiger partial charge in [0.1, 0.15) is 0 Å². The first kappa shape index (κ1) is 14.1. The Bertz CT molecular complexity index is 753. The minimum Gasteiger partial charge on any atom is -0.481 e. The number of nitrogens with one attached hydrogen (secondary N) is 1. The number of fused-ring (bicyclic) bond motifs is 1. The number of carboxylic acid groups (broad SMARTS) is 1. The molecule has 1 saturated carbocycles. The van der Waals surface area contributed by atoms with E-state index in [2.05, 4.69) is 5.32 Å². The second kappa shape index (κ2) is 4.58. The number of halogens is 1. The molecule has 5 nitrogen and oxygen atoms in total. The average Bonchev–Trinajstić information content (AvgIpc) is 2.81. The standard InChI is InChI=1S/C15H14ClNO4/c1-15(17-2)10(11(15)14(19)20)12(18)8-5-7-3-4-21-13(7)9(16)6-8/h3-6,10-11,17H,1-2H3,(H,19,20)/t10-,11-,15?/m0/s1. The summed E-state index contributed by atoms with van der Waals surface area (Å²) >= 11 is 6.10. The highest BCUT2D eigenvalue weighted by Gasteiger charge is 2.68. The molecular weight excluding hydrogens is 294 g/mol. The third kappa shape index (κ3) is 1.96. The van der Waals surface area contributed by atoms with Crippen molar-refractivity contribution >= 4 is 34.3 Å². The van der Waals surface area contributed by atoms with E-state index in [9.17, 15) is 14.7 Å². The molecule has 0 aliphatic heterocycles. The topological polar surface area (TPSA) is 79.5 Å². The first-order chi connectivity index (χ1) is 9.90. The van der Waals surface area contributed by atoms with Crippen molar-refractivity contribution in [3.05, 3.63) is 35.0 Å². The average molecular weight is 308 g/mol. The van der Waals surface area contributed by atoms with E-state index in [4.69, 9.17) is 16.0 Å². The van der Waals surface area contributed by atoms with Crippen LogP contribution in [0.5, 0.6) is 0 Å². The second-order valence-electron chi connectivity index (χ2n) is 5.49. The van der Waals surface area contributed by atoms with Gasteiger partial charge in [-0.05, 0) is 32.2 Å². The number of carbonyl (C=O) groups is 2. The predicted molar refractivity (Wildman–Crippen MR) is 77.6 cm³/mol. The minimum atomic E-state index is -0.972. The van der Waals surface area contributed by atoms with Crippen LogP contribution in [-0.2, 0) is 4.79 Å². The van der Waals surface area contributed by atoms with Crippen LogP contribution in [-0.4, -0.2) is 29.4 Å². The molecule has 21 heavy (non-hydrogen) atoms. The molecule has 2 aromatic rings. The van der Waals surface area contributed by atoms with Crippen molar-refractivity contribution in [2.24, 2.45) is 11.8 Å². The molecule has 1 unspecified atom stereocenters. The number of Topliss-reactive ketones (excluding diaryl/α,β-unsaturated/α-hetero) is 1. The Morgan fingerprint density at radius 3 is 2.67 bits per heavy atom. The van der Waals surface area contributed by atoms with Gasteiger partial charge in [-0.2, -0.15) is 0 Å². The van der Waals surface area contributed by atoms with Crippen LogP contribution >= 0.6 is 11.6 Å². The number of hydrogen-bond acceptors (Lipinski definition) is 4. The van der Waals surface area contributed by atoms with Gasteiger partial charge in [-0.25, -0.2) is 0 Å². The second-order valence-corrected chi connectivity index (χ2v) is 5.89. The minimum absolute atomic E-state index is 0.218. The van der Waals surface area contributed by atoms with Crippen LogP contribution in [0.4, 0.5) is 0 Å². The number of aliphatic carboxylic acids is 1. The van der Waals surface area contributed by atoms with Crippen LogP contribution in [0.25, 0.3) is 11.0 Å². The lowest BCUT2D eigenvalue weighted by atomic mass is 10.0. The Balaban J connectivity index is 2.00. The van der Waals surface area contributed by atoms with Gasteiger partial charge in [0.05, 0.1) is 23.1 Å². The number of carbonyl (C=O) groups excluding carboxylic acids is 1. The van der Waals surface area contributed by atoms with E-state index in [1.165, 1.54) is 12.3 Å². The summed E-state index contributed by atoms with van der Waals surface area (Å²) in [5.41, 5.74) is 0.208. The Morgan fingerprint density at radius 2 is 2.10 bits per heavy atom. The van der Waals surface area contributed by atoms with Gasteiger partial charge in [-0.1, -0.05) is 11.6 Å². The van der Waals surface area contributed by atoms with E-state index in [0.717, 1.165) is 5.39 Å². The van der Waals surface area contributed by atoms with Gasteiger partial charge in [0.25, 0.3) is 0 Å². The number of furan rings is 1. The lowest BCUT2D eigenvalue weighted by molar-refractivity contribution is -0.139. The highest BCUT2D eigenvalue weighted by Crippen LogP contribution is 2.52. The molecule has 3 atom stereocenters. The molecule has 110 valence electrons. The van der Waals surface area contributed by atoms with E-state index in [1.807, 2.05) is 0 Å². The van der Waals surface area contributed by atoms with Crippen molar-refractivity contribution in [2.45, 2.75) is 12.5 Å². The molecule has 1 fully saturated rings. The number of benzene rings is 1.